The summed E-state index contributed by atoms with van der Waals surface area (Å²) >= 11 is 0. The lowest BCUT2D eigenvalue weighted by Crippen LogP contribution is -2.36. The van der Waals surface area contributed by atoms with Crippen molar-refractivity contribution >= 4 is 29.2 Å². The number of anilines is 1. The van der Waals surface area contributed by atoms with Gasteiger partial charge in [-0.25, -0.2) is 9.69 Å². The minimum Gasteiger partial charge on any atom is -0.461 e. The molecule has 120 valence electrons. The quantitative estimate of drug-likeness (QED) is 0.655. The fourth-order valence-electron chi connectivity index (χ4n) is 2.96. The number of carbonyl (C=O) groups is 3. The molecule has 0 spiro atoms. The van der Waals surface area contributed by atoms with E-state index in [9.17, 15) is 14.4 Å². The van der Waals surface area contributed by atoms with E-state index in [1.54, 1.807) is 13.0 Å². The largest absolute Gasteiger partial charge is 0.461 e. The number of fused-ring (bicyclic) bond motifs is 1. The number of ether oxygens (including phenoxy) is 1. The summed E-state index contributed by atoms with van der Waals surface area (Å²) in [6.45, 7) is 5.62. The van der Waals surface area contributed by atoms with Crippen molar-refractivity contribution in [2.75, 3.05) is 11.5 Å². The number of hydrazone groups is 1. The second kappa shape index (κ2) is 5.49. The molecule has 0 saturated carbocycles. The minimum atomic E-state index is -0.928. The molecule has 7 heteroatoms. The van der Waals surface area contributed by atoms with Crippen molar-refractivity contribution < 1.29 is 19.1 Å². The molecule has 2 atom stereocenters. The lowest BCUT2D eigenvalue weighted by molar-refractivity contribution is -0.136. The van der Waals surface area contributed by atoms with E-state index < -0.39 is 29.7 Å². The van der Waals surface area contributed by atoms with Crippen LogP contribution in [-0.2, 0) is 19.1 Å². The molecule has 1 N–H and O–H groups in total. The Bertz CT molecular complexity index is 741. The van der Waals surface area contributed by atoms with Gasteiger partial charge in [0.15, 0.2) is 5.71 Å². The number of rotatable bonds is 3. The maximum atomic E-state index is 12.7. The summed E-state index contributed by atoms with van der Waals surface area (Å²) in [5, 5.41) is 3.83. The molecule has 1 fully saturated rings. The lowest BCUT2D eigenvalue weighted by Gasteiger charge is -2.18. The third-order valence-corrected chi connectivity index (χ3v) is 4.00. The summed E-state index contributed by atoms with van der Waals surface area (Å²) in [5.41, 5.74) is 4.95. The zero-order valence-corrected chi connectivity index (χ0v) is 13.1. The standard InChI is InChI=1S/C16H17N3O4/c1-4-23-16(22)13-11-12(17-18-13)15(21)19(14(11)20)10-6-5-8(2)7-9(10)3/h5-7,11-12,17H,4H2,1-3H3. The summed E-state index contributed by atoms with van der Waals surface area (Å²) in [7, 11) is 0. The van der Waals surface area contributed by atoms with E-state index in [1.807, 2.05) is 26.0 Å². The van der Waals surface area contributed by atoms with Gasteiger partial charge in [-0.15, -0.1) is 0 Å². The average molecular weight is 315 g/mol. The molecule has 3 rings (SSSR count). The number of imide groups is 1. The van der Waals surface area contributed by atoms with Crippen LogP contribution in [0.2, 0.25) is 0 Å². The Morgan fingerprint density at radius 3 is 2.70 bits per heavy atom. The van der Waals surface area contributed by atoms with Crippen LogP contribution in [-0.4, -0.2) is 36.1 Å². The zero-order valence-electron chi connectivity index (χ0n) is 13.1. The maximum absolute atomic E-state index is 12.7. The normalized spacial score (nSPS) is 22.7. The van der Waals surface area contributed by atoms with E-state index in [1.165, 1.54) is 0 Å². The molecule has 7 nitrogen and oxygen atoms in total. The molecule has 1 saturated heterocycles. The molecule has 1 aromatic carbocycles. The highest BCUT2D eigenvalue weighted by molar-refractivity contribution is 6.46. The van der Waals surface area contributed by atoms with E-state index in [-0.39, 0.29) is 12.3 Å². The molecule has 2 heterocycles. The van der Waals surface area contributed by atoms with Crippen molar-refractivity contribution in [3.8, 4) is 0 Å². The van der Waals surface area contributed by atoms with Crippen molar-refractivity contribution in [3.63, 3.8) is 0 Å². The van der Waals surface area contributed by atoms with Crippen molar-refractivity contribution in [1.82, 2.24) is 5.43 Å². The highest BCUT2D eigenvalue weighted by atomic mass is 16.5. The lowest BCUT2D eigenvalue weighted by atomic mass is 9.99. The zero-order chi connectivity index (χ0) is 16.7. The van der Waals surface area contributed by atoms with Gasteiger partial charge in [0.25, 0.3) is 5.91 Å². The third kappa shape index (κ3) is 2.28. The van der Waals surface area contributed by atoms with Gasteiger partial charge in [0.1, 0.15) is 12.0 Å². The van der Waals surface area contributed by atoms with Gasteiger partial charge in [0.2, 0.25) is 5.91 Å². The van der Waals surface area contributed by atoms with Crippen LogP contribution in [0.4, 0.5) is 5.69 Å². The Kier molecular flexibility index (Phi) is 3.63. The van der Waals surface area contributed by atoms with E-state index >= 15 is 0 Å². The first-order chi connectivity index (χ1) is 11.0. The monoisotopic (exact) mass is 315 g/mol. The first-order valence-electron chi connectivity index (χ1n) is 7.41. The minimum absolute atomic E-state index is 0.0394. The van der Waals surface area contributed by atoms with Crippen molar-refractivity contribution in [3.05, 3.63) is 29.3 Å². The van der Waals surface area contributed by atoms with Gasteiger partial charge in [-0.3, -0.25) is 15.0 Å². The molecule has 0 aromatic heterocycles. The van der Waals surface area contributed by atoms with Gasteiger partial charge in [-0.05, 0) is 32.4 Å². The number of benzene rings is 1. The van der Waals surface area contributed by atoms with Crippen LogP contribution in [0.25, 0.3) is 0 Å². The van der Waals surface area contributed by atoms with Crippen LogP contribution in [0.15, 0.2) is 23.3 Å². The number of amides is 2. The van der Waals surface area contributed by atoms with Crippen LogP contribution in [0, 0.1) is 19.8 Å². The predicted octanol–water partition coefficient (Wildman–Crippen LogP) is 0.684. The number of carbonyl (C=O) groups excluding carboxylic acids is 3. The number of aryl methyl sites for hydroxylation is 2. The summed E-state index contributed by atoms with van der Waals surface area (Å²) in [5.74, 6) is -2.46. The van der Waals surface area contributed by atoms with E-state index in [0.29, 0.717) is 5.69 Å². The van der Waals surface area contributed by atoms with Crippen molar-refractivity contribution in [2.24, 2.45) is 11.0 Å². The molecule has 1 aromatic rings. The first-order valence-corrected chi connectivity index (χ1v) is 7.41. The molecule has 23 heavy (non-hydrogen) atoms. The topological polar surface area (TPSA) is 88.1 Å². The molecule has 0 radical (unpaired) electrons. The van der Waals surface area contributed by atoms with Crippen LogP contribution >= 0.6 is 0 Å². The van der Waals surface area contributed by atoms with E-state index in [4.69, 9.17) is 4.74 Å². The van der Waals surface area contributed by atoms with Crippen LogP contribution in [0.1, 0.15) is 18.1 Å². The highest BCUT2D eigenvalue weighted by Gasteiger charge is 2.55. The van der Waals surface area contributed by atoms with Crippen molar-refractivity contribution in [2.45, 2.75) is 26.8 Å². The molecular formula is C16H17N3O4. The SMILES string of the molecule is CCOC(=O)C1=NNC2C(=O)N(c3ccc(C)cc3C)C(=O)C12. The molecule has 2 aliphatic rings. The Morgan fingerprint density at radius 1 is 1.30 bits per heavy atom. The van der Waals surface area contributed by atoms with Gasteiger partial charge in [-0.1, -0.05) is 17.7 Å². The summed E-state index contributed by atoms with van der Waals surface area (Å²) in [6, 6.07) is 4.63. The average Bonchev–Trinajstić information content (AvgIpc) is 3.02. The Balaban J connectivity index is 1.95. The Labute approximate surface area is 133 Å². The van der Waals surface area contributed by atoms with Gasteiger partial charge in [-0.2, -0.15) is 5.10 Å². The third-order valence-electron chi connectivity index (χ3n) is 4.00. The number of nitrogens with zero attached hydrogens (tertiary/aromatic N) is 2. The number of hydrogen-bond donors (Lipinski definition) is 1. The van der Waals surface area contributed by atoms with Gasteiger partial charge >= 0.3 is 5.97 Å². The Morgan fingerprint density at radius 2 is 2.04 bits per heavy atom. The van der Waals surface area contributed by atoms with E-state index in [2.05, 4.69) is 10.5 Å². The van der Waals surface area contributed by atoms with E-state index in [0.717, 1.165) is 16.0 Å². The summed E-state index contributed by atoms with van der Waals surface area (Å²) < 4.78 is 4.91. The molecule has 2 amide bonds. The van der Waals surface area contributed by atoms with Crippen LogP contribution in [0.3, 0.4) is 0 Å². The number of esters is 1. The van der Waals surface area contributed by atoms with Crippen LogP contribution in [0.5, 0.6) is 0 Å². The second-order valence-corrected chi connectivity index (χ2v) is 5.60. The van der Waals surface area contributed by atoms with Crippen molar-refractivity contribution in [1.29, 1.82) is 0 Å². The fourth-order valence-corrected chi connectivity index (χ4v) is 2.96. The molecular weight excluding hydrogens is 298 g/mol. The maximum Gasteiger partial charge on any atom is 0.355 e. The van der Waals surface area contributed by atoms with Gasteiger partial charge in [0, 0.05) is 0 Å². The van der Waals surface area contributed by atoms with Gasteiger partial charge < -0.3 is 4.74 Å². The summed E-state index contributed by atoms with van der Waals surface area (Å²) in [6.07, 6.45) is 0. The van der Waals surface area contributed by atoms with Gasteiger partial charge in [0.05, 0.1) is 12.3 Å². The molecule has 2 aliphatic heterocycles. The number of nitrogens with one attached hydrogen (secondary N) is 1. The first kappa shape index (κ1) is 15.2. The Hall–Kier alpha value is -2.70. The van der Waals surface area contributed by atoms with Crippen LogP contribution < -0.4 is 10.3 Å². The smallest absolute Gasteiger partial charge is 0.355 e. The molecule has 2 unspecified atom stereocenters. The second-order valence-electron chi connectivity index (χ2n) is 5.60. The summed E-state index contributed by atoms with van der Waals surface area (Å²) in [4.78, 5) is 38.4. The molecule has 0 aliphatic carbocycles. The molecule has 0 bridgehead atoms. The predicted molar refractivity (Wildman–Crippen MR) is 82.9 cm³/mol. The highest BCUT2D eigenvalue weighted by Crippen LogP contribution is 2.32. The number of hydrogen-bond acceptors (Lipinski definition) is 6. The fraction of sp³-hybridized carbons (Fsp3) is 0.375.